The number of likely N-dealkylation sites (tertiary alicyclic amines) is 1. The molecule has 33 heavy (non-hydrogen) atoms. The smallest absolute Gasteiger partial charge is 0.243 e. The van der Waals surface area contributed by atoms with E-state index >= 15 is 0 Å². The molecule has 2 atom stereocenters. The molecule has 0 N–H and O–H groups in total. The van der Waals surface area contributed by atoms with E-state index in [1.807, 2.05) is 24.3 Å². The van der Waals surface area contributed by atoms with Gasteiger partial charge in [-0.2, -0.15) is 4.31 Å². The molecule has 2 aromatic rings. The summed E-state index contributed by atoms with van der Waals surface area (Å²) in [6, 6.07) is 12.7. The van der Waals surface area contributed by atoms with Crippen LogP contribution in [0.3, 0.4) is 0 Å². The quantitative estimate of drug-likeness (QED) is 0.637. The van der Waals surface area contributed by atoms with Gasteiger partial charge in [0.05, 0.1) is 16.7 Å². The van der Waals surface area contributed by atoms with Crippen LogP contribution < -0.4 is 0 Å². The van der Waals surface area contributed by atoms with Crippen molar-refractivity contribution >= 4 is 38.5 Å². The number of hydrogen-bond donors (Lipinski definition) is 0. The number of nitrogens with zero attached hydrogens (tertiary/aromatic N) is 3. The van der Waals surface area contributed by atoms with Crippen molar-refractivity contribution in [1.82, 2.24) is 14.1 Å². The molecular formula is C24H27N3O5S. The summed E-state index contributed by atoms with van der Waals surface area (Å²) in [4.78, 5) is 41.0. The van der Waals surface area contributed by atoms with Gasteiger partial charge in [0.15, 0.2) is 0 Å². The number of benzene rings is 2. The number of piperazine rings is 1. The van der Waals surface area contributed by atoms with Crippen molar-refractivity contribution in [1.29, 1.82) is 0 Å². The van der Waals surface area contributed by atoms with Gasteiger partial charge in [0, 0.05) is 26.2 Å². The van der Waals surface area contributed by atoms with Crippen LogP contribution in [0, 0.1) is 11.8 Å². The van der Waals surface area contributed by atoms with Crippen molar-refractivity contribution in [2.75, 3.05) is 32.7 Å². The Balaban J connectivity index is 1.22. The lowest BCUT2D eigenvalue weighted by atomic mass is 9.81. The van der Waals surface area contributed by atoms with Crippen LogP contribution in [0.15, 0.2) is 47.4 Å². The monoisotopic (exact) mass is 469 g/mol. The van der Waals surface area contributed by atoms with Gasteiger partial charge in [0.1, 0.15) is 6.54 Å². The molecule has 2 saturated heterocycles. The predicted octanol–water partition coefficient (Wildman–Crippen LogP) is 1.85. The molecule has 3 aliphatic rings. The molecule has 0 unspecified atom stereocenters. The molecule has 2 aliphatic heterocycles. The number of carbonyl (C=O) groups excluding carboxylic acids is 3. The molecule has 2 heterocycles. The summed E-state index contributed by atoms with van der Waals surface area (Å²) in [7, 11) is -3.68. The molecular weight excluding hydrogens is 442 g/mol. The van der Waals surface area contributed by atoms with Crippen LogP contribution in [0.25, 0.3) is 10.8 Å². The highest BCUT2D eigenvalue weighted by atomic mass is 32.2. The molecule has 9 heteroatoms. The number of rotatable bonds is 4. The zero-order valence-electron chi connectivity index (χ0n) is 18.4. The largest absolute Gasteiger partial charge is 0.338 e. The molecule has 0 spiro atoms. The van der Waals surface area contributed by atoms with Crippen LogP contribution in [0.1, 0.15) is 25.7 Å². The summed E-state index contributed by atoms with van der Waals surface area (Å²) in [6.07, 6.45) is 3.31. The van der Waals surface area contributed by atoms with Crippen LogP contribution in [-0.4, -0.2) is 73.0 Å². The van der Waals surface area contributed by atoms with E-state index in [4.69, 9.17) is 0 Å². The minimum Gasteiger partial charge on any atom is -0.338 e. The van der Waals surface area contributed by atoms with Gasteiger partial charge in [-0.05, 0) is 35.7 Å². The first-order valence-electron chi connectivity index (χ1n) is 11.5. The molecule has 3 fully saturated rings. The Bertz CT molecular complexity index is 1200. The average Bonchev–Trinajstić information content (AvgIpc) is 3.08. The molecule has 0 aromatic heterocycles. The van der Waals surface area contributed by atoms with Crippen molar-refractivity contribution in [3.8, 4) is 0 Å². The van der Waals surface area contributed by atoms with E-state index in [1.54, 1.807) is 23.1 Å². The van der Waals surface area contributed by atoms with Crippen molar-refractivity contribution in [3.63, 3.8) is 0 Å². The number of fused-ring (bicyclic) bond motifs is 2. The average molecular weight is 470 g/mol. The lowest BCUT2D eigenvalue weighted by molar-refractivity contribution is -0.147. The van der Waals surface area contributed by atoms with E-state index in [1.165, 1.54) is 4.31 Å². The summed E-state index contributed by atoms with van der Waals surface area (Å²) in [5.74, 6) is -1.31. The van der Waals surface area contributed by atoms with Crippen molar-refractivity contribution in [3.05, 3.63) is 42.5 Å². The topological polar surface area (TPSA) is 95.1 Å². The normalized spacial score (nSPS) is 24.4. The first-order valence-corrected chi connectivity index (χ1v) is 12.9. The number of amides is 3. The predicted molar refractivity (Wildman–Crippen MR) is 121 cm³/mol. The molecule has 5 rings (SSSR count). The Morgan fingerprint density at radius 2 is 1.45 bits per heavy atom. The van der Waals surface area contributed by atoms with Gasteiger partial charge >= 0.3 is 0 Å². The van der Waals surface area contributed by atoms with Gasteiger partial charge < -0.3 is 4.90 Å². The van der Waals surface area contributed by atoms with E-state index in [9.17, 15) is 22.8 Å². The third-order valence-corrected chi connectivity index (χ3v) is 9.07. The molecule has 0 bridgehead atoms. The minimum atomic E-state index is -3.68. The summed E-state index contributed by atoms with van der Waals surface area (Å²) in [5.41, 5.74) is 0. The summed E-state index contributed by atoms with van der Waals surface area (Å²) < 4.78 is 27.7. The number of hydrogen-bond acceptors (Lipinski definition) is 5. The summed E-state index contributed by atoms with van der Waals surface area (Å²) in [5, 5.41) is 1.82. The van der Waals surface area contributed by atoms with Crippen LogP contribution in [0.4, 0.5) is 0 Å². The van der Waals surface area contributed by atoms with Gasteiger partial charge in [0.2, 0.25) is 27.7 Å². The number of carbonyl (C=O) groups is 3. The molecule has 0 radical (unpaired) electrons. The van der Waals surface area contributed by atoms with Crippen molar-refractivity contribution in [2.45, 2.75) is 30.6 Å². The fourth-order valence-corrected chi connectivity index (χ4v) is 6.73. The standard InChI is InChI=1S/C24H27N3O5S/c28-22(16-27-23(29)20-7-3-4-8-21(20)24(27)30)25-11-13-26(14-12-25)33(31,32)19-10-9-17-5-1-2-6-18(17)15-19/h1-2,5-6,9-10,15,20-21H,3-4,7-8,11-14,16H2/t20-,21+. The van der Waals surface area contributed by atoms with E-state index in [0.29, 0.717) is 12.8 Å². The number of imide groups is 1. The maximum absolute atomic E-state index is 13.1. The van der Waals surface area contributed by atoms with Gasteiger partial charge in [-0.1, -0.05) is 43.2 Å². The second kappa shape index (κ2) is 8.53. The van der Waals surface area contributed by atoms with Crippen LogP contribution >= 0.6 is 0 Å². The third kappa shape index (κ3) is 3.93. The van der Waals surface area contributed by atoms with E-state index < -0.39 is 10.0 Å². The molecule has 2 aromatic carbocycles. The lowest BCUT2D eigenvalue weighted by Crippen LogP contribution is -2.53. The van der Waals surface area contributed by atoms with E-state index in [-0.39, 0.29) is 67.2 Å². The Labute approximate surface area is 193 Å². The maximum atomic E-state index is 13.1. The lowest BCUT2D eigenvalue weighted by Gasteiger charge is -2.34. The second-order valence-electron chi connectivity index (χ2n) is 9.05. The van der Waals surface area contributed by atoms with Crippen LogP contribution in [0.5, 0.6) is 0 Å². The Kier molecular flexibility index (Phi) is 5.70. The Morgan fingerprint density at radius 1 is 0.848 bits per heavy atom. The zero-order valence-corrected chi connectivity index (χ0v) is 19.2. The fraction of sp³-hybridized carbons (Fsp3) is 0.458. The molecule has 174 valence electrons. The fourth-order valence-electron chi connectivity index (χ4n) is 5.28. The molecule has 8 nitrogen and oxygen atoms in total. The second-order valence-corrected chi connectivity index (χ2v) is 11.0. The maximum Gasteiger partial charge on any atom is 0.243 e. The van der Waals surface area contributed by atoms with Crippen LogP contribution in [0.2, 0.25) is 0 Å². The van der Waals surface area contributed by atoms with Gasteiger partial charge in [-0.3, -0.25) is 19.3 Å². The molecule has 3 amide bonds. The van der Waals surface area contributed by atoms with E-state index in [0.717, 1.165) is 28.5 Å². The van der Waals surface area contributed by atoms with Gasteiger partial charge in [0.25, 0.3) is 0 Å². The van der Waals surface area contributed by atoms with Crippen molar-refractivity contribution in [2.24, 2.45) is 11.8 Å². The van der Waals surface area contributed by atoms with Gasteiger partial charge in [-0.25, -0.2) is 8.42 Å². The number of sulfonamides is 1. The molecule has 1 saturated carbocycles. The Morgan fingerprint density at radius 3 is 2.09 bits per heavy atom. The van der Waals surface area contributed by atoms with Crippen molar-refractivity contribution < 1.29 is 22.8 Å². The Hall–Kier alpha value is -2.78. The van der Waals surface area contributed by atoms with E-state index in [2.05, 4.69) is 0 Å². The SMILES string of the molecule is O=C(CN1C(=O)[C@H]2CCCC[C@H]2C1=O)N1CCN(S(=O)(=O)c2ccc3ccccc3c2)CC1. The highest BCUT2D eigenvalue weighted by Gasteiger charge is 2.48. The first-order chi connectivity index (χ1) is 15.9. The summed E-state index contributed by atoms with van der Waals surface area (Å²) >= 11 is 0. The molecule has 1 aliphatic carbocycles. The zero-order chi connectivity index (χ0) is 23.2. The van der Waals surface area contributed by atoms with Gasteiger partial charge in [-0.15, -0.1) is 0 Å². The van der Waals surface area contributed by atoms with Crippen LogP contribution in [-0.2, 0) is 24.4 Å². The third-order valence-electron chi connectivity index (χ3n) is 7.18. The highest BCUT2D eigenvalue weighted by Crippen LogP contribution is 2.38. The first kappa shape index (κ1) is 22.0. The highest BCUT2D eigenvalue weighted by molar-refractivity contribution is 7.89. The minimum absolute atomic E-state index is 0.175. The summed E-state index contributed by atoms with van der Waals surface area (Å²) in [6.45, 7) is 0.563.